The van der Waals surface area contributed by atoms with Crippen molar-refractivity contribution in [1.29, 1.82) is 0 Å². The van der Waals surface area contributed by atoms with E-state index in [1.165, 1.54) is 0 Å². The molecule has 4 nitrogen and oxygen atoms in total. The summed E-state index contributed by atoms with van der Waals surface area (Å²) in [6.07, 6.45) is 4.11. The highest BCUT2D eigenvalue weighted by Crippen LogP contribution is 2.06. The summed E-state index contributed by atoms with van der Waals surface area (Å²) < 4.78 is 5.54. The Kier molecular flexibility index (Phi) is 3.53. The van der Waals surface area contributed by atoms with E-state index in [0.717, 1.165) is 25.9 Å². The zero-order valence-corrected chi connectivity index (χ0v) is 8.66. The van der Waals surface area contributed by atoms with Crippen LogP contribution < -0.4 is 5.32 Å². The number of hydrogen-bond acceptors (Lipinski definition) is 3. The quantitative estimate of drug-likeness (QED) is 0.725. The van der Waals surface area contributed by atoms with Gasteiger partial charge >= 0.3 is 0 Å². The first-order valence-corrected chi connectivity index (χ1v) is 5.35. The number of piperidine rings is 1. The first-order chi connectivity index (χ1) is 7.36. The second-order valence-electron chi connectivity index (χ2n) is 3.79. The molecule has 0 amide bonds. The molecule has 1 aromatic heterocycles. The molecule has 1 unspecified atom stereocenters. The molecular weight excluding hydrogens is 192 g/mol. The number of nitrogens with one attached hydrogen (secondary N) is 2. The Morgan fingerprint density at radius 2 is 2.53 bits per heavy atom. The highest BCUT2D eigenvalue weighted by molar-refractivity contribution is 5.95. The van der Waals surface area contributed by atoms with E-state index < -0.39 is 0 Å². The third-order valence-electron chi connectivity index (χ3n) is 2.60. The maximum atomic E-state index is 11.6. The number of aromatic nitrogens is 1. The minimum Gasteiger partial charge on any atom is -0.369 e. The predicted octanol–water partition coefficient (Wildman–Crippen LogP) is 0.966. The Morgan fingerprint density at radius 3 is 3.20 bits per heavy atom. The molecule has 1 fully saturated rings. The minimum absolute atomic E-state index is 0.0190. The Bertz CT molecular complexity index is 302. The van der Waals surface area contributed by atoms with Crippen LogP contribution in [0, 0.1) is 0 Å². The molecule has 1 aromatic rings. The molecule has 1 aliphatic rings. The lowest BCUT2D eigenvalue weighted by atomic mass is 10.1. The van der Waals surface area contributed by atoms with E-state index in [1.807, 2.05) is 6.07 Å². The molecule has 0 saturated carbocycles. The van der Waals surface area contributed by atoms with Crippen LogP contribution in [0.4, 0.5) is 0 Å². The largest absolute Gasteiger partial charge is 0.369 e. The van der Waals surface area contributed by atoms with Crippen LogP contribution in [0.5, 0.6) is 0 Å². The monoisotopic (exact) mass is 208 g/mol. The average Bonchev–Trinajstić information content (AvgIpc) is 2.81. The molecule has 0 spiro atoms. The van der Waals surface area contributed by atoms with E-state index in [1.54, 1.807) is 12.3 Å². The van der Waals surface area contributed by atoms with Gasteiger partial charge in [-0.2, -0.15) is 0 Å². The summed E-state index contributed by atoms with van der Waals surface area (Å²) in [5.74, 6) is 0.0190. The molecule has 2 heterocycles. The smallest absolute Gasteiger partial charge is 0.204 e. The lowest BCUT2D eigenvalue weighted by Crippen LogP contribution is -2.36. The number of carbonyl (C=O) groups excluding carboxylic acids is 1. The third-order valence-corrected chi connectivity index (χ3v) is 2.60. The lowest BCUT2D eigenvalue weighted by molar-refractivity contribution is 0.0345. The molecule has 0 radical (unpaired) electrons. The summed E-state index contributed by atoms with van der Waals surface area (Å²) in [7, 11) is 0. The SMILES string of the molecule is O=C(COC1CCCNC1)c1ccc[nH]1. The van der Waals surface area contributed by atoms with Crippen LogP contribution in [0.1, 0.15) is 23.3 Å². The number of H-pyrrole nitrogens is 1. The summed E-state index contributed by atoms with van der Waals surface area (Å²) in [6, 6.07) is 3.58. The Balaban J connectivity index is 1.75. The molecule has 0 aromatic carbocycles. The number of ketones is 1. The van der Waals surface area contributed by atoms with Crippen LogP contribution in [-0.4, -0.2) is 36.6 Å². The Labute approximate surface area is 89.0 Å². The molecule has 4 heteroatoms. The first-order valence-electron chi connectivity index (χ1n) is 5.35. The van der Waals surface area contributed by atoms with Gasteiger partial charge in [-0.3, -0.25) is 4.79 Å². The molecule has 0 aliphatic carbocycles. The standard InChI is InChI=1S/C11H16N2O2/c14-11(10-4-2-6-13-10)8-15-9-3-1-5-12-7-9/h2,4,6,9,12-13H,1,3,5,7-8H2. The maximum Gasteiger partial charge on any atom is 0.204 e. The molecule has 1 saturated heterocycles. The zero-order valence-electron chi connectivity index (χ0n) is 8.66. The van der Waals surface area contributed by atoms with E-state index >= 15 is 0 Å². The van der Waals surface area contributed by atoms with Crippen molar-refractivity contribution in [3.05, 3.63) is 24.0 Å². The van der Waals surface area contributed by atoms with Crippen molar-refractivity contribution in [2.24, 2.45) is 0 Å². The van der Waals surface area contributed by atoms with Gasteiger partial charge in [0.2, 0.25) is 5.78 Å². The molecule has 1 aliphatic heterocycles. The van der Waals surface area contributed by atoms with E-state index in [4.69, 9.17) is 4.74 Å². The normalized spacial score (nSPS) is 21.5. The van der Waals surface area contributed by atoms with Gasteiger partial charge in [-0.05, 0) is 31.5 Å². The fraction of sp³-hybridized carbons (Fsp3) is 0.545. The van der Waals surface area contributed by atoms with Crippen LogP contribution in [0.3, 0.4) is 0 Å². The van der Waals surface area contributed by atoms with E-state index in [-0.39, 0.29) is 18.5 Å². The van der Waals surface area contributed by atoms with Crippen molar-refractivity contribution in [3.63, 3.8) is 0 Å². The number of hydrogen-bond donors (Lipinski definition) is 2. The maximum absolute atomic E-state index is 11.6. The lowest BCUT2D eigenvalue weighted by Gasteiger charge is -2.22. The van der Waals surface area contributed by atoms with Gasteiger partial charge in [0.05, 0.1) is 11.8 Å². The summed E-state index contributed by atoms with van der Waals surface area (Å²) in [5.41, 5.74) is 0.624. The molecular formula is C11H16N2O2. The van der Waals surface area contributed by atoms with Crippen molar-refractivity contribution in [2.75, 3.05) is 19.7 Å². The molecule has 0 bridgehead atoms. The third kappa shape index (κ3) is 2.91. The summed E-state index contributed by atoms with van der Waals surface area (Å²) in [6.45, 7) is 2.09. The number of rotatable bonds is 4. The molecule has 2 N–H and O–H groups in total. The van der Waals surface area contributed by atoms with Gasteiger partial charge in [-0.25, -0.2) is 0 Å². The van der Waals surface area contributed by atoms with Crippen LogP contribution in [0.15, 0.2) is 18.3 Å². The summed E-state index contributed by atoms with van der Waals surface area (Å²) in [4.78, 5) is 14.5. The number of aromatic amines is 1. The van der Waals surface area contributed by atoms with Gasteiger partial charge < -0.3 is 15.0 Å². The van der Waals surface area contributed by atoms with Gasteiger partial charge in [0, 0.05) is 12.7 Å². The number of ether oxygens (including phenoxy) is 1. The highest BCUT2D eigenvalue weighted by atomic mass is 16.5. The van der Waals surface area contributed by atoms with Gasteiger partial charge in [-0.1, -0.05) is 0 Å². The van der Waals surface area contributed by atoms with E-state index in [2.05, 4.69) is 10.3 Å². The van der Waals surface area contributed by atoms with Gasteiger partial charge in [0.25, 0.3) is 0 Å². The van der Waals surface area contributed by atoms with Gasteiger partial charge in [0.1, 0.15) is 6.61 Å². The fourth-order valence-corrected chi connectivity index (χ4v) is 1.74. The predicted molar refractivity (Wildman–Crippen MR) is 57.0 cm³/mol. The van der Waals surface area contributed by atoms with Gasteiger partial charge in [0.15, 0.2) is 0 Å². The van der Waals surface area contributed by atoms with Crippen molar-refractivity contribution < 1.29 is 9.53 Å². The average molecular weight is 208 g/mol. The van der Waals surface area contributed by atoms with E-state index in [0.29, 0.717) is 5.69 Å². The van der Waals surface area contributed by atoms with E-state index in [9.17, 15) is 4.79 Å². The van der Waals surface area contributed by atoms with Crippen LogP contribution in [0.25, 0.3) is 0 Å². The highest BCUT2D eigenvalue weighted by Gasteiger charge is 2.15. The fourth-order valence-electron chi connectivity index (χ4n) is 1.74. The number of Topliss-reactive ketones (excluding diaryl/α,β-unsaturated/α-hetero) is 1. The second kappa shape index (κ2) is 5.09. The molecule has 15 heavy (non-hydrogen) atoms. The Morgan fingerprint density at radius 1 is 1.60 bits per heavy atom. The van der Waals surface area contributed by atoms with Crippen molar-refractivity contribution >= 4 is 5.78 Å². The molecule has 1 atom stereocenters. The Hall–Kier alpha value is -1.13. The van der Waals surface area contributed by atoms with Crippen LogP contribution >= 0.6 is 0 Å². The van der Waals surface area contributed by atoms with Crippen LogP contribution in [-0.2, 0) is 4.74 Å². The van der Waals surface area contributed by atoms with Gasteiger partial charge in [-0.15, -0.1) is 0 Å². The number of carbonyl (C=O) groups is 1. The molecule has 82 valence electrons. The van der Waals surface area contributed by atoms with Crippen molar-refractivity contribution in [3.8, 4) is 0 Å². The summed E-state index contributed by atoms with van der Waals surface area (Å²) >= 11 is 0. The first kappa shape index (κ1) is 10.4. The second-order valence-corrected chi connectivity index (χ2v) is 3.79. The topological polar surface area (TPSA) is 54.1 Å². The van der Waals surface area contributed by atoms with Crippen molar-refractivity contribution in [2.45, 2.75) is 18.9 Å². The van der Waals surface area contributed by atoms with Crippen molar-refractivity contribution in [1.82, 2.24) is 10.3 Å². The zero-order chi connectivity index (χ0) is 10.5. The minimum atomic E-state index is 0.0190. The molecule has 2 rings (SSSR count). The summed E-state index contributed by atoms with van der Waals surface area (Å²) in [5, 5.41) is 3.25. The van der Waals surface area contributed by atoms with Crippen LogP contribution in [0.2, 0.25) is 0 Å².